The third kappa shape index (κ3) is 3.34. The van der Waals surface area contributed by atoms with Gasteiger partial charge in [-0.25, -0.2) is 4.98 Å². The predicted molar refractivity (Wildman–Crippen MR) is 90.7 cm³/mol. The number of aromatic nitrogens is 4. The molecule has 0 aliphatic heterocycles. The number of benzene rings is 1. The lowest BCUT2D eigenvalue weighted by Crippen LogP contribution is -2.14. The highest BCUT2D eigenvalue weighted by molar-refractivity contribution is 7.15. The minimum Gasteiger partial charge on any atom is -0.295 e. The summed E-state index contributed by atoms with van der Waals surface area (Å²) in [4.78, 5) is 20.9. The maximum atomic E-state index is 12.3. The van der Waals surface area contributed by atoms with E-state index in [4.69, 9.17) is 0 Å². The van der Waals surface area contributed by atoms with Gasteiger partial charge in [-0.2, -0.15) is 0 Å². The van der Waals surface area contributed by atoms with E-state index in [2.05, 4.69) is 39.3 Å². The molecular weight excluding hydrogens is 310 g/mol. The standard InChI is InChI=1S/C16H17N5OS/c1-3-10(4-2)15-20-21-16(23-15)19-14(22)13-9-17-11-7-5-6-8-12(11)18-13/h5-10H,3-4H2,1-2H3,(H,19,21,22). The zero-order chi connectivity index (χ0) is 16.2. The van der Waals surface area contributed by atoms with Crippen molar-refractivity contribution >= 4 is 33.4 Å². The number of amides is 1. The van der Waals surface area contributed by atoms with Gasteiger partial charge in [0.1, 0.15) is 10.7 Å². The molecule has 1 amide bonds. The van der Waals surface area contributed by atoms with Crippen LogP contribution >= 0.6 is 11.3 Å². The molecule has 0 aliphatic carbocycles. The Balaban J connectivity index is 1.78. The van der Waals surface area contributed by atoms with Gasteiger partial charge in [0.25, 0.3) is 5.91 Å². The molecule has 0 spiro atoms. The molecule has 0 fully saturated rings. The molecular formula is C16H17N5OS. The highest BCUT2D eigenvalue weighted by atomic mass is 32.1. The fourth-order valence-electron chi connectivity index (χ4n) is 2.32. The van der Waals surface area contributed by atoms with Crippen LogP contribution in [-0.4, -0.2) is 26.1 Å². The molecule has 0 saturated carbocycles. The van der Waals surface area contributed by atoms with Crippen LogP contribution in [0.5, 0.6) is 0 Å². The van der Waals surface area contributed by atoms with E-state index in [0.29, 0.717) is 16.6 Å². The number of anilines is 1. The Morgan fingerprint density at radius 1 is 1.17 bits per heavy atom. The van der Waals surface area contributed by atoms with Crippen molar-refractivity contribution in [1.29, 1.82) is 0 Å². The van der Waals surface area contributed by atoms with Gasteiger partial charge in [0.15, 0.2) is 0 Å². The molecule has 3 aromatic rings. The number of fused-ring (bicyclic) bond motifs is 1. The van der Waals surface area contributed by atoms with Crippen LogP contribution in [0.15, 0.2) is 30.5 Å². The molecule has 0 bridgehead atoms. The van der Waals surface area contributed by atoms with Crippen LogP contribution in [0.1, 0.15) is 48.1 Å². The van der Waals surface area contributed by atoms with Gasteiger partial charge in [-0.15, -0.1) is 10.2 Å². The minimum atomic E-state index is -0.324. The molecule has 0 aliphatic rings. The van der Waals surface area contributed by atoms with Gasteiger partial charge in [0.05, 0.1) is 17.2 Å². The summed E-state index contributed by atoms with van der Waals surface area (Å²) in [5, 5.41) is 12.4. The Labute approximate surface area is 138 Å². The topological polar surface area (TPSA) is 80.7 Å². The highest BCUT2D eigenvalue weighted by Crippen LogP contribution is 2.28. The van der Waals surface area contributed by atoms with Crippen LogP contribution < -0.4 is 5.32 Å². The van der Waals surface area contributed by atoms with Gasteiger partial charge in [-0.1, -0.05) is 37.3 Å². The van der Waals surface area contributed by atoms with E-state index < -0.39 is 0 Å². The van der Waals surface area contributed by atoms with Crippen molar-refractivity contribution in [3.63, 3.8) is 0 Å². The normalized spacial score (nSPS) is 11.1. The summed E-state index contributed by atoms with van der Waals surface area (Å²) in [6.45, 7) is 4.25. The summed E-state index contributed by atoms with van der Waals surface area (Å²) in [5.41, 5.74) is 1.72. The molecule has 0 unspecified atom stereocenters. The first kappa shape index (κ1) is 15.5. The van der Waals surface area contributed by atoms with E-state index in [1.807, 2.05) is 24.3 Å². The van der Waals surface area contributed by atoms with Gasteiger partial charge in [-0.3, -0.25) is 15.1 Å². The Bertz CT molecular complexity index is 828. The number of hydrogen-bond donors (Lipinski definition) is 1. The van der Waals surface area contributed by atoms with E-state index in [-0.39, 0.29) is 11.6 Å². The minimum absolute atomic E-state index is 0.267. The monoisotopic (exact) mass is 327 g/mol. The third-order valence-corrected chi connectivity index (χ3v) is 4.68. The molecule has 2 aromatic heterocycles. The number of carbonyl (C=O) groups excluding carboxylic acids is 1. The first-order valence-corrected chi connectivity index (χ1v) is 8.39. The van der Waals surface area contributed by atoms with Crippen LogP contribution in [0.3, 0.4) is 0 Å². The quantitative estimate of drug-likeness (QED) is 0.774. The fraction of sp³-hybridized carbons (Fsp3) is 0.312. The zero-order valence-electron chi connectivity index (χ0n) is 13.0. The summed E-state index contributed by atoms with van der Waals surface area (Å²) in [6, 6.07) is 7.44. The van der Waals surface area contributed by atoms with Crippen LogP contribution in [0.25, 0.3) is 11.0 Å². The maximum absolute atomic E-state index is 12.3. The number of hydrogen-bond acceptors (Lipinski definition) is 6. The molecule has 118 valence electrons. The van der Waals surface area contributed by atoms with E-state index >= 15 is 0 Å². The summed E-state index contributed by atoms with van der Waals surface area (Å²) in [6.07, 6.45) is 3.49. The van der Waals surface area contributed by atoms with Gasteiger partial charge in [0, 0.05) is 5.92 Å². The lowest BCUT2D eigenvalue weighted by molar-refractivity contribution is 0.102. The second kappa shape index (κ2) is 6.78. The number of nitrogens with one attached hydrogen (secondary N) is 1. The summed E-state index contributed by atoms with van der Waals surface area (Å²) in [7, 11) is 0. The van der Waals surface area contributed by atoms with Crippen LogP contribution in [0.4, 0.5) is 5.13 Å². The summed E-state index contributed by atoms with van der Waals surface area (Å²) >= 11 is 1.41. The van der Waals surface area contributed by atoms with Crippen molar-refractivity contribution in [2.45, 2.75) is 32.6 Å². The smallest absolute Gasteiger partial charge is 0.277 e. The summed E-state index contributed by atoms with van der Waals surface area (Å²) in [5.74, 6) is 0.0640. The average molecular weight is 327 g/mol. The average Bonchev–Trinajstić information content (AvgIpc) is 3.04. The second-order valence-electron chi connectivity index (χ2n) is 5.16. The van der Waals surface area contributed by atoms with Crippen LogP contribution in [0, 0.1) is 0 Å². The molecule has 7 heteroatoms. The lowest BCUT2D eigenvalue weighted by Gasteiger charge is -2.05. The summed E-state index contributed by atoms with van der Waals surface area (Å²) < 4.78 is 0. The van der Waals surface area contributed by atoms with Gasteiger partial charge in [-0.05, 0) is 25.0 Å². The van der Waals surface area contributed by atoms with Crippen molar-refractivity contribution in [3.05, 3.63) is 41.2 Å². The van der Waals surface area contributed by atoms with Crippen molar-refractivity contribution in [2.75, 3.05) is 5.32 Å². The van der Waals surface area contributed by atoms with Crippen molar-refractivity contribution in [2.24, 2.45) is 0 Å². The Morgan fingerprint density at radius 2 is 1.91 bits per heavy atom. The first-order chi connectivity index (χ1) is 11.2. The fourth-order valence-corrected chi connectivity index (χ4v) is 3.32. The van der Waals surface area contributed by atoms with Gasteiger partial charge >= 0.3 is 0 Å². The van der Waals surface area contributed by atoms with Gasteiger partial charge < -0.3 is 0 Å². The lowest BCUT2D eigenvalue weighted by atomic mass is 10.1. The molecule has 1 N–H and O–H groups in total. The highest BCUT2D eigenvalue weighted by Gasteiger charge is 2.16. The first-order valence-electron chi connectivity index (χ1n) is 7.57. The number of carbonyl (C=O) groups is 1. The SMILES string of the molecule is CCC(CC)c1nnc(NC(=O)c2cnc3ccccc3n2)s1. The largest absolute Gasteiger partial charge is 0.295 e. The van der Waals surface area contributed by atoms with Crippen molar-refractivity contribution in [1.82, 2.24) is 20.2 Å². The molecule has 0 atom stereocenters. The van der Waals surface area contributed by atoms with E-state index in [9.17, 15) is 4.79 Å². The van der Waals surface area contributed by atoms with Crippen LogP contribution in [-0.2, 0) is 0 Å². The molecule has 23 heavy (non-hydrogen) atoms. The number of nitrogens with zero attached hydrogens (tertiary/aromatic N) is 4. The number of rotatable bonds is 5. The zero-order valence-corrected chi connectivity index (χ0v) is 13.8. The van der Waals surface area contributed by atoms with E-state index in [1.54, 1.807) is 0 Å². The molecule has 0 saturated heterocycles. The Kier molecular flexibility index (Phi) is 4.57. The van der Waals surface area contributed by atoms with Crippen molar-refractivity contribution < 1.29 is 4.79 Å². The Hall–Kier alpha value is -2.41. The van der Waals surface area contributed by atoms with E-state index in [0.717, 1.165) is 23.4 Å². The molecule has 6 nitrogen and oxygen atoms in total. The molecule has 0 radical (unpaired) electrons. The van der Waals surface area contributed by atoms with E-state index in [1.165, 1.54) is 17.5 Å². The molecule has 1 aromatic carbocycles. The van der Waals surface area contributed by atoms with Crippen molar-refractivity contribution in [3.8, 4) is 0 Å². The Morgan fingerprint density at radius 3 is 2.65 bits per heavy atom. The number of para-hydroxylation sites is 2. The maximum Gasteiger partial charge on any atom is 0.277 e. The second-order valence-corrected chi connectivity index (χ2v) is 6.17. The van der Waals surface area contributed by atoms with Crippen LogP contribution in [0.2, 0.25) is 0 Å². The predicted octanol–water partition coefficient (Wildman–Crippen LogP) is 3.64. The molecule has 2 heterocycles. The molecule has 3 rings (SSSR count). The third-order valence-electron chi connectivity index (χ3n) is 3.68. The van der Waals surface area contributed by atoms with Gasteiger partial charge in [0.2, 0.25) is 5.13 Å².